The number of para-hydroxylation sites is 2. The zero-order chi connectivity index (χ0) is 30.9. The van der Waals surface area contributed by atoms with Gasteiger partial charge in [0.25, 0.3) is 5.69 Å². The Labute approximate surface area is 259 Å². The van der Waals surface area contributed by atoms with Gasteiger partial charge in [-0.2, -0.15) is 0 Å². The summed E-state index contributed by atoms with van der Waals surface area (Å²) < 4.78 is 57.1. The van der Waals surface area contributed by atoms with Crippen LogP contribution in [-0.4, -0.2) is 32.8 Å². The van der Waals surface area contributed by atoms with Gasteiger partial charge in [-0.05, 0) is 131 Å². The first kappa shape index (κ1) is 30.1. The van der Waals surface area contributed by atoms with E-state index >= 15 is 0 Å². The van der Waals surface area contributed by atoms with Gasteiger partial charge in [0.05, 0.1) is 10.6 Å². The van der Waals surface area contributed by atoms with E-state index in [0.29, 0.717) is 41.2 Å². The standard InChI is InChI=1S/C16H20N2O4S.C16H22N2O2S/c19-18(20)14-3-1-2-4-15(14)23(21,22)17-16-8-11-5-12(9-16)7-13(6-11)10-16;17-14-3-1-2-4-15(14)21(19,20)18-16-8-11-5-12(9-16)7-13(6-11)10-16/h1-4,11-13,17H,5-10H2;1-4,11-13,18H,5-10,17H2. The molecule has 0 heterocycles. The molecule has 8 aliphatic rings. The molecular weight excluding hydrogens is 601 g/mol. The smallest absolute Gasteiger partial charge is 0.289 e. The molecule has 4 N–H and O–H groups in total. The highest BCUT2D eigenvalue weighted by Gasteiger charge is 2.54. The second kappa shape index (κ2) is 10.8. The summed E-state index contributed by atoms with van der Waals surface area (Å²) in [7, 11) is -7.42. The maximum Gasteiger partial charge on any atom is 0.289 e. The molecule has 0 aromatic heterocycles. The normalized spacial score (nSPS) is 36.5. The molecular formula is C32H42N4O6S2. The SMILES string of the molecule is Nc1ccccc1S(=O)(=O)NC12CC3CC(CC(C3)C1)C2.O=[N+]([O-])c1ccccc1S(=O)(=O)NC12CC3CC(CC(C3)C1)C2. The molecule has 2 aromatic carbocycles. The number of hydrogen-bond acceptors (Lipinski definition) is 7. The first-order chi connectivity index (χ1) is 20.8. The van der Waals surface area contributed by atoms with Crippen LogP contribution in [0, 0.1) is 45.6 Å². The molecule has 0 radical (unpaired) electrons. The van der Waals surface area contributed by atoms with Crippen LogP contribution in [0.25, 0.3) is 0 Å². The van der Waals surface area contributed by atoms with E-state index < -0.39 is 30.5 Å². The highest BCUT2D eigenvalue weighted by Crippen LogP contribution is 2.57. The Morgan fingerprint density at radius 3 is 1.34 bits per heavy atom. The summed E-state index contributed by atoms with van der Waals surface area (Å²) in [4.78, 5) is 10.5. The summed E-state index contributed by atoms with van der Waals surface area (Å²) in [5.41, 5.74) is 5.22. The van der Waals surface area contributed by atoms with Gasteiger partial charge in [0.15, 0.2) is 4.90 Å². The Bertz CT molecular complexity index is 1600. The summed E-state index contributed by atoms with van der Waals surface area (Å²) in [6.07, 6.45) is 13.2. The average Bonchev–Trinajstić information content (AvgIpc) is 2.91. The summed E-state index contributed by atoms with van der Waals surface area (Å²) in [5, 5.41) is 11.1. The van der Waals surface area contributed by atoms with Crippen LogP contribution in [0.1, 0.15) is 77.0 Å². The first-order valence-corrected chi connectivity index (χ1v) is 19.0. The first-order valence-electron chi connectivity index (χ1n) is 16.0. The fraction of sp³-hybridized carbons (Fsp3) is 0.625. The molecule has 8 saturated carbocycles. The van der Waals surface area contributed by atoms with Crippen molar-refractivity contribution in [2.75, 3.05) is 5.73 Å². The van der Waals surface area contributed by atoms with Crippen molar-refractivity contribution < 1.29 is 21.8 Å². The number of nitrogens with two attached hydrogens (primary N) is 1. The van der Waals surface area contributed by atoms with Gasteiger partial charge in [0.1, 0.15) is 4.90 Å². The van der Waals surface area contributed by atoms with Gasteiger partial charge in [-0.25, -0.2) is 26.3 Å². The van der Waals surface area contributed by atoms with Crippen molar-refractivity contribution in [1.29, 1.82) is 0 Å². The summed E-state index contributed by atoms with van der Waals surface area (Å²) in [5.74, 6) is 3.96. The lowest BCUT2D eigenvalue weighted by molar-refractivity contribution is -0.387. The Balaban J connectivity index is 0.000000143. The van der Waals surface area contributed by atoms with Crippen molar-refractivity contribution in [1.82, 2.24) is 9.44 Å². The van der Waals surface area contributed by atoms with Gasteiger partial charge in [-0.1, -0.05) is 24.3 Å². The zero-order valence-electron chi connectivity index (χ0n) is 24.9. The minimum absolute atomic E-state index is 0.212. The van der Waals surface area contributed by atoms with E-state index in [4.69, 9.17) is 5.73 Å². The van der Waals surface area contributed by atoms with Crippen molar-refractivity contribution in [2.24, 2.45) is 35.5 Å². The quantitative estimate of drug-likeness (QED) is 0.208. The summed E-state index contributed by atoms with van der Waals surface area (Å²) >= 11 is 0. The van der Waals surface area contributed by atoms with Gasteiger partial charge in [0.2, 0.25) is 20.0 Å². The van der Waals surface area contributed by atoms with Gasteiger partial charge in [-0.15, -0.1) is 0 Å². The molecule has 8 fully saturated rings. The van der Waals surface area contributed by atoms with Crippen LogP contribution in [0.5, 0.6) is 0 Å². The van der Waals surface area contributed by atoms with Crippen molar-refractivity contribution in [3.8, 4) is 0 Å². The lowest BCUT2D eigenvalue weighted by atomic mass is 9.53. The largest absolute Gasteiger partial charge is 0.398 e. The number of nitro groups is 1. The van der Waals surface area contributed by atoms with Gasteiger partial charge >= 0.3 is 0 Å². The average molecular weight is 643 g/mol. The number of nitro benzene ring substituents is 1. The topological polar surface area (TPSA) is 162 Å². The number of sulfonamides is 2. The molecule has 8 aliphatic carbocycles. The molecule has 2 aromatic rings. The highest BCUT2D eigenvalue weighted by molar-refractivity contribution is 7.90. The van der Waals surface area contributed by atoms with Crippen LogP contribution in [0.2, 0.25) is 0 Å². The lowest BCUT2D eigenvalue weighted by Gasteiger charge is -2.56. The van der Waals surface area contributed by atoms with E-state index in [-0.39, 0.29) is 21.0 Å². The van der Waals surface area contributed by atoms with Crippen molar-refractivity contribution in [3.05, 3.63) is 58.6 Å². The molecule has 0 unspecified atom stereocenters. The molecule has 10 nitrogen and oxygen atoms in total. The minimum atomic E-state index is -3.89. The maximum atomic E-state index is 12.8. The van der Waals surface area contributed by atoms with Crippen LogP contribution >= 0.6 is 0 Å². The predicted octanol–water partition coefficient (Wildman–Crippen LogP) is 5.36. The number of anilines is 1. The predicted molar refractivity (Wildman–Crippen MR) is 166 cm³/mol. The fourth-order valence-corrected chi connectivity index (χ4v) is 13.9. The zero-order valence-corrected chi connectivity index (χ0v) is 26.5. The Hall–Kier alpha value is -2.54. The number of benzene rings is 2. The van der Waals surface area contributed by atoms with Gasteiger partial charge < -0.3 is 5.73 Å². The Morgan fingerprint density at radius 2 is 0.955 bits per heavy atom. The third-order valence-electron chi connectivity index (χ3n) is 11.3. The van der Waals surface area contributed by atoms with Gasteiger partial charge in [0, 0.05) is 17.1 Å². The number of hydrogen-bond donors (Lipinski definition) is 3. The minimum Gasteiger partial charge on any atom is -0.398 e. The van der Waals surface area contributed by atoms with Crippen LogP contribution in [0.4, 0.5) is 11.4 Å². The monoisotopic (exact) mass is 642 g/mol. The molecule has 0 amide bonds. The second-order valence-corrected chi connectivity index (χ2v) is 18.2. The molecule has 44 heavy (non-hydrogen) atoms. The summed E-state index contributed by atoms with van der Waals surface area (Å²) in [6.45, 7) is 0. The van der Waals surface area contributed by atoms with Crippen molar-refractivity contribution >= 4 is 31.4 Å². The van der Waals surface area contributed by atoms with Crippen molar-refractivity contribution in [2.45, 2.75) is 97.9 Å². The van der Waals surface area contributed by atoms with E-state index in [1.807, 2.05) is 0 Å². The van der Waals surface area contributed by atoms with E-state index in [2.05, 4.69) is 9.44 Å². The highest BCUT2D eigenvalue weighted by atomic mass is 32.2. The lowest BCUT2D eigenvalue weighted by Crippen LogP contribution is -2.59. The fourth-order valence-electron chi connectivity index (χ4n) is 10.7. The third-order valence-corrected chi connectivity index (χ3v) is 14.6. The molecule has 10 rings (SSSR count). The van der Waals surface area contributed by atoms with E-state index in [9.17, 15) is 26.9 Å². The van der Waals surface area contributed by atoms with E-state index in [1.54, 1.807) is 24.3 Å². The number of nitrogens with zero attached hydrogens (tertiary/aromatic N) is 1. The third kappa shape index (κ3) is 5.67. The van der Waals surface area contributed by atoms with Crippen molar-refractivity contribution in [3.63, 3.8) is 0 Å². The summed E-state index contributed by atoms with van der Waals surface area (Å²) in [6, 6.07) is 12.3. The Morgan fingerprint density at radius 1 is 0.614 bits per heavy atom. The molecule has 238 valence electrons. The van der Waals surface area contributed by atoms with Crippen LogP contribution in [0.3, 0.4) is 0 Å². The number of rotatable bonds is 7. The van der Waals surface area contributed by atoms with E-state index in [0.717, 1.165) is 38.5 Å². The molecule has 0 saturated heterocycles. The molecule has 0 atom stereocenters. The van der Waals surface area contributed by atoms with Gasteiger partial charge in [-0.3, -0.25) is 10.1 Å². The number of nitrogens with one attached hydrogen (secondary N) is 2. The second-order valence-electron chi connectivity index (χ2n) is 14.9. The maximum absolute atomic E-state index is 12.8. The van der Waals surface area contributed by atoms with Crippen LogP contribution < -0.4 is 15.2 Å². The van der Waals surface area contributed by atoms with Crippen LogP contribution in [0.15, 0.2) is 58.3 Å². The molecule has 0 aliphatic heterocycles. The molecule has 12 heteroatoms. The number of nitrogen functional groups attached to an aromatic ring is 1. The van der Waals surface area contributed by atoms with Crippen LogP contribution in [-0.2, 0) is 20.0 Å². The van der Waals surface area contributed by atoms with E-state index in [1.165, 1.54) is 62.8 Å². The Kier molecular flexibility index (Phi) is 7.38. The molecule has 0 spiro atoms. The molecule has 8 bridgehead atoms.